The summed E-state index contributed by atoms with van der Waals surface area (Å²) in [6.07, 6.45) is 8.67. The van der Waals surface area contributed by atoms with E-state index in [1.807, 2.05) is 30.1 Å². The summed E-state index contributed by atoms with van der Waals surface area (Å²) < 4.78 is 6.97. The molecule has 2 aromatic heterocycles. The van der Waals surface area contributed by atoms with Crippen LogP contribution in [0.25, 0.3) is 5.69 Å². The minimum atomic E-state index is 0.504. The molecule has 22 heavy (non-hydrogen) atoms. The summed E-state index contributed by atoms with van der Waals surface area (Å²) in [5.74, 6) is 1.12. The number of methoxy groups -OCH3 is 1. The number of halogens is 1. The van der Waals surface area contributed by atoms with E-state index in [0.29, 0.717) is 11.8 Å². The van der Waals surface area contributed by atoms with E-state index >= 15 is 0 Å². The zero-order valence-electron chi connectivity index (χ0n) is 12.9. The first-order chi connectivity index (χ1) is 10.8. The number of nitrogens with zero attached hydrogens (tertiary/aromatic N) is 4. The maximum atomic E-state index is 6.34. The third-order valence-corrected chi connectivity index (χ3v) is 4.21. The van der Waals surface area contributed by atoms with Crippen molar-refractivity contribution in [1.29, 1.82) is 0 Å². The lowest BCUT2D eigenvalue weighted by molar-refractivity contribution is 0.205. The van der Waals surface area contributed by atoms with E-state index in [0.717, 1.165) is 36.6 Å². The lowest BCUT2D eigenvalue weighted by Crippen LogP contribution is -2.28. The molecule has 0 aliphatic rings. The molecule has 0 fully saturated rings. The van der Waals surface area contributed by atoms with Gasteiger partial charge in [-0.25, -0.2) is 4.68 Å². The molecule has 0 saturated heterocycles. The van der Waals surface area contributed by atoms with Crippen LogP contribution in [0.3, 0.4) is 0 Å². The second kappa shape index (κ2) is 9.02. The third kappa shape index (κ3) is 4.63. The second-order valence-corrected chi connectivity index (χ2v) is 6.13. The van der Waals surface area contributed by atoms with Crippen molar-refractivity contribution in [3.05, 3.63) is 35.9 Å². The van der Waals surface area contributed by atoms with E-state index in [1.165, 1.54) is 0 Å². The van der Waals surface area contributed by atoms with Crippen LogP contribution < -0.4 is 4.90 Å². The number of hydrogen-bond acceptors (Lipinski definition) is 5. The standard InChI is InChI=1S/C15H21ClN4OS/c1-21-9-8-19(7-4-10-22-2)14-12-20(18-15(14)16)13-5-3-6-17-11-13/h3,5-6,11-12H,4,7-10H2,1-2H3. The van der Waals surface area contributed by atoms with Gasteiger partial charge in [-0.2, -0.15) is 16.9 Å². The smallest absolute Gasteiger partial charge is 0.174 e. The molecule has 0 N–H and O–H groups in total. The third-order valence-electron chi connectivity index (χ3n) is 3.24. The summed E-state index contributed by atoms with van der Waals surface area (Å²) >= 11 is 8.19. The van der Waals surface area contributed by atoms with Crippen molar-refractivity contribution in [3.8, 4) is 5.69 Å². The first-order valence-corrected chi connectivity index (χ1v) is 8.92. The van der Waals surface area contributed by atoms with E-state index in [2.05, 4.69) is 21.2 Å². The highest BCUT2D eigenvalue weighted by molar-refractivity contribution is 7.98. The van der Waals surface area contributed by atoms with Gasteiger partial charge >= 0.3 is 0 Å². The molecule has 0 unspecified atom stereocenters. The van der Waals surface area contributed by atoms with Crippen molar-refractivity contribution in [2.75, 3.05) is 43.7 Å². The van der Waals surface area contributed by atoms with Crippen molar-refractivity contribution < 1.29 is 4.74 Å². The molecule has 0 amide bonds. The molecule has 2 aromatic rings. The summed E-state index contributed by atoms with van der Waals surface area (Å²) in [6.45, 7) is 2.39. The van der Waals surface area contributed by atoms with Crippen LogP contribution in [0, 0.1) is 0 Å². The number of anilines is 1. The first kappa shape index (κ1) is 17.1. The van der Waals surface area contributed by atoms with Gasteiger partial charge < -0.3 is 9.64 Å². The fourth-order valence-corrected chi connectivity index (χ4v) is 2.80. The van der Waals surface area contributed by atoms with Crippen LogP contribution in [0.2, 0.25) is 5.15 Å². The van der Waals surface area contributed by atoms with Gasteiger partial charge in [-0.15, -0.1) is 0 Å². The number of ether oxygens (including phenoxy) is 1. The second-order valence-electron chi connectivity index (χ2n) is 4.79. The number of pyridine rings is 1. The van der Waals surface area contributed by atoms with Crippen LogP contribution in [0.1, 0.15) is 6.42 Å². The molecular weight excluding hydrogens is 320 g/mol. The normalized spacial score (nSPS) is 10.9. The Morgan fingerprint density at radius 3 is 2.95 bits per heavy atom. The fraction of sp³-hybridized carbons (Fsp3) is 0.467. The monoisotopic (exact) mass is 340 g/mol. The van der Waals surface area contributed by atoms with Crippen molar-refractivity contribution >= 4 is 29.1 Å². The number of thioether (sulfide) groups is 1. The maximum Gasteiger partial charge on any atom is 0.174 e. The van der Waals surface area contributed by atoms with E-state index in [4.69, 9.17) is 16.3 Å². The molecular formula is C15H21ClN4OS. The molecule has 0 saturated carbocycles. The molecule has 0 bridgehead atoms. The average Bonchev–Trinajstić information content (AvgIpc) is 2.93. The molecule has 2 heterocycles. The predicted octanol–water partition coefficient (Wildman–Crippen LogP) is 3.13. The van der Waals surface area contributed by atoms with Gasteiger partial charge in [0.15, 0.2) is 5.15 Å². The Bertz CT molecular complexity index is 564. The highest BCUT2D eigenvalue weighted by Gasteiger charge is 2.15. The van der Waals surface area contributed by atoms with Gasteiger partial charge in [-0.1, -0.05) is 11.6 Å². The largest absolute Gasteiger partial charge is 0.383 e. The van der Waals surface area contributed by atoms with Gasteiger partial charge in [0.2, 0.25) is 0 Å². The quantitative estimate of drug-likeness (QED) is 0.656. The molecule has 0 spiro atoms. The van der Waals surface area contributed by atoms with Crippen molar-refractivity contribution in [2.24, 2.45) is 0 Å². The summed E-state index contributed by atoms with van der Waals surface area (Å²) in [6, 6.07) is 3.83. The molecule has 0 aromatic carbocycles. The molecule has 7 heteroatoms. The van der Waals surface area contributed by atoms with Crippen molar-refractivity contribution in [1.82, 2.24) is 14.8 Å². The Balaban J connectivity index is 2.17. The molecule has 5 nitrogen and oxygen atoms in total. The minimum absolute atomic E-state index is 0.504. The molecule has 0 radical (unpaired) electrons. The summed E-state index contributed by atoms with van der Waals surface area (Å²) in [4.78, 5) is 6.34. The van der Waals surface area contributed by atoms with Crippen LogP contribution in [0.4, 0.5) is 5.69 Å². The molecule has 2 rings (SSSR count). The van der Waals surface area contributed by atoms with Gasteiger partial charge in [0, 0.05) is 26.4 Å². The van der Waals surface area contributed by atoms with Gasteiger partial charge in [0.25, 0.3) is 0 Å². The van der Waals surface area contributed by atoms with Crippen LogP contribution in [-0.4, -0.2) is 53.6 Å². The van der Waals surface area contributed by atoms with E-state index in [-0.39, 0.29) is 0 Å². The van der Waals surface area contributed by atoms with Gasteiger partial charge in [0.05, 0.1) is 30.4 Å². The van der Waals surface area contributed by atoms with Gasteiger partial charge in [-0.05, 0) is 30.6 Å². The van der Waals surface area contributed by atoms with E-state index in [9.17, 15) is 0 Å². The van der Waals surface area contributed by atoms with E-state index in [1.54, 1.807) is 24.2 Å². The number of aromatic nitrogens is 3. The van der Waals surface area contributed by atoms with Crippen LogP contribution in [-0.2, 0) is 4.74 Å². The van der Waals surface area contributed by atoms with E-state index < -0.39 is 0 Å². The van der Waals surface area contributed by atoms with Crippen LogP contribution in [0.15, 0.2) is 30.7 Å². The highest BCUT2D eigenvalue weighted by atomic mass is 35.5. The Morgan fingerprint density at radius 1 is 1.41 bits per heavy atom. The average molecular weight is 341 g/mol. The van der Waals surface area contributed by atoms with Crippen LogP contribution in [0.5, 0.6) is 0 Å². The lowest BCUT2D eigenvalue weighted by Gasteiger charge is -2.23. The summed E-state index contributed by atoms with van der Waals surface area (Å²) in [5, 5.41) is 4.90. The Labute approximate surface area is 140 Å². The SMILES string of the molecule is COCCN(CCCSC)c1cn(-c2cccnc2)nc1Cl. The highest BCUT2D eigenvalue weighted by Crippen LogP contribution is 2.26. The molecule has 0 atom stereocenters. The van der Waals surface area contributed by atoms with Gasteiger partial charge in [0.1, 0.15) is 0 Å². The predicted molar refractivity (Wildman–Crippen MR) is 93.5 cm³/mol. The Morgan fingerprint density at radius 2 is 2.27 bits per heavy atom. The number of hydrogen-bond donors (Lipinski definition) is 0. The molecule has 120 valence electrons. The Kier molecular flexibility index (Phi) is 7.02. The summed E-state index contributed by atoms with van der Waals surface area (Å²) in [7, 11) is 1.71. The number of rotatable bonds is 9. The fourth-order valence-electron chi connectivity index (χ4n) is 2.13. The first-order valence-electron chi connectivity index (χ1n) is 7.14. The van der Waals surface area contributed by atoms with Crippen LogP contribution >= 0.6 is 23.4 Å². The topological polar surface area (TPSA) is 43.2 Å². The summed E-state index contributed by atoms with van der Waals surface area (Å²) in [5.41, 5.74) is 1.83. The maximum absolute atomic E-state index is 6.34. The lowest BCUT2D eigenvalue weighted by atomic mass is 10.3. The minimum Gasteiger partial charge on any atom is -0.383 e. The molecule has 0 aliphatic heterocycles. The zero-order valence-corrected chi connectivity index (χ0v) is 14.5. The Hall–Kier alpha value is -1.24. The zero-order chi connectivity index (χ0) is 15.8. The van der Waals surface area contributed by atoms with Crippen molar-refractivity contribution in [2.45, 2.75) is 6.42 Å². The molecule has 0 aliphatic carbocycles. The van der Waals surface area contributed by atoms with Crippen molar-refractivity contribution in [3.63, 3.8) is 0 Å². The van der Waals surface area contributed by atoms with Gasteiger partial charge in [-0.3, -0.25) is 4.98 Å².